The first kappa shape index (κ1) is 22.9. The molecule has 0 aromatic heterocycles. The summed E-state index contributed by atoms with van der Waals surface area (Å²) in [5.74, 6) is 0.235. The van der Waals surface area contributed by atoms with Crippen LogP contribution in [0.25, 0.3) is 0 Å². The Kier molecular flexibility index (Phi) is 8.80. The highest BCUT2D eigenvalue weighted by Crippen LogP contribution is 2.28. The lowest BCUT2D eigenvalue weighted by Gasteiger charge is -2.13. The van der Waals surface area contributed by atoms with E-state index in [4.69, 9.17) is 18.9 Å². The van der Waals surface area contributed by atoms with Gasteiger partial charge in [-0.1, -0.05) is 6.07 Å². The van der Waals surface area contributed by atoms with Gasteiger partial charge in [0.2, 0.25) is 0 Å². The van der Waals surface area contributed by atoms with Crippen LogP contribution < -0.4 is 19.5 Å². The van der Waals surface area contributed by atoms with Crippen molar-refractivity contribution in [2.24, 2.45) is 0 Å². The second-order valence-electron chi connectivity index (χ2n) is 6.21. The molecule has 162 valence electrons. The lowest BCUT2D eigenvalue weighted by Crippen LogP contribution is -2.30. The van der Waals surface area contributed by atoms with Gasteiger partial charge in [-0.3, -0.25) is 4.79 Å². The Morgan fingerprint density at radius 1 is 1.00 bits per heavy atom. The molecule has 0 aliphatic rings. The lowest BCUT2D eigenvalue weighted by atomic mass is 10.1. The molecule has 0 fully saturated rings. The molecule has 0 saturated carbocycles. The quantitative estimate of drug-likeness (QED) is 0.542. The number of rotatable bonds is 11. The predicted molar refractivity (Wildman–Crippen MR) is 110 cm³/mol. The fourth-order valence-corrected chi connectivity index (χ4v) is 2.66. The van der Waals surface area contributed by atoms with Gasteiger partial charge in [0.05, 0.1) is 20.3 Å². The Bertz CT molecular complexity index is 867. The largest absolute Gasteiger partial charge is 0.507 e. The Balaban J connectivity index is 1.82. The van der Waals surface area contributed by atoms with E-state index >= 15 is 0 Å². The van der Waals surface area contributed by atoms with Crippen LogP contribution in [-0.4, -0.2) is 50.5 Å². The van der Waals surface area contributed by atoms with Crippen LogP contribution >= 0.6 is 0 Å². The number of esters is 1. The molecule has 1 amide bonds. The van der Waals surface area contributed by atoms with E-state index in [-0.39, 0.29) is 11.3 Å². The molecule has 0 saturated heterocycles. The normalized spacial score (nSPS) is 10.2. The number of amides is 1. The molecule has 30 heavy (non-hydrogen) atoms. The first-order valence-corrected chi connectivity index (χ1v) is 9.67. The van der Waals surface area contributed by atoms with E-state index in [0.717, 1.165) is 5.56 Å². The van der Waals surface area contributed by atoms with Gasteiger partial charge in [-0.15, -0.1) is 0 Å². The summed E-state index contributed by atoms with van der Waals surface area (Å²) in [4.78, 5) is 24.0. The van der Waals surface area contributed by atoms with Gasteiger partial charge in [0.25, 0.3) is 5.91 Å². The van der Waals surface area contributed by atoms with Gasteiger partial charge >= 0.3 is 5.97 Å². The van der Waals surface area contributed by atoms with Crippen LogP contribution in [0.5, 0.6) is 23.0 Å². The molecular weight excluding hydrogens is 390 g/mol. The number of hydrogen-bond acceptors (Lipinski definition) is 7. The fraction of sp³-hybridized carbons (Fsp3) is 0.364. The Morgan fingerprint density at radius 2 is 1.73 bits per heavy atom. The average Bonchev–Trinajstić information content (AvgIpc) is 2.74. The molecule has 0 aliphatic heterocycles. The minimum absolute atomic E-state index is 0.0695. The number of carbonyl (C=O) groups is 2. The number of phenolic OH excluding ortho intramolecular Hbond substituents is 1. The van der Waals surface area contributed by atoms with Crippen molar-refractivity contribution in [1.29, 1.82) is 0 Å². The summed E-state index contributed by atoms with van der Waals surface area (Å²) in [6.07, 6.45) is 0.572. The molecule has 2 N–H and O–H groups in total. The van der Waals surface area contributed by atoms with Crippen molar-refractivity contribution >= 4 is 11.9 Å². The minimum atomic E-state index is -0.811. The zero-order valence-electron chi connectivity index (χ0n) is 17.4. The number of phenols is 1. The zero-order valence-corrected chi connectivity index (χ0v) is 17.4. The number of aromatic hydroxyl groups is 1. The smallest absolute Gasteiger partial charge is 0.342 e. The highest BCUT2D eigenvalue weighted by atomic mass is 16.5. The minimum Gasteiger partial charge on any atom is -0.507 e. The van der Waals surface area contributed by atoms with Gasteiger partial charge in [0.15, 0.2) is 18.1 Å². The molecule has 8 heteroatoms. The monoisotopic (exact) mass is 417 g/mol. The molecule has 8 nitrogen and oxygen atoms in total. The molecular formula is C22H27NO7. The van der Waals surface area contributed by atoms with Crippen LogP contribution in [0.3, 0.4) is 0 Å². The molecule has 0 atom stereocenters. The molecule has 2 aromatic rings. The number of methoxy groups -OCH3 is 1. The Morgan fingerprint density at radius 3 is 2.43 bits per heavy atom. The molecule has 2 rings (SSSR count). The molecule has 0 unspecified atom stereocenters. The predicted octanol–water partition coefficient (Wildman–Crippen LogP) is 2.71. The van der Waals surface area contributed by atoms with Crippen LogP contribution in [0, 0.1) is 0 Å². The van der Waals surface area contributed by atoms with E-state index in [1.165, 1.54) is 25.3 Å². The summed E-state index contributed by atoms with van der Waals surface area (Å²) < 4.78 is 21.1. The van der Waals surface area contributed by atoms with Gasteiger partial charge < -0.3 is 29.4 Å². The van der Waals surface area contributed by atoms with Crippen LogP contribution in [0.15, 0.2) is 36.4 Å². The van der Waals surface area contributed by atoms with Crippen molar-refractivity contribution in [3.8, 4) is 23.0 Å². The highest BCUT2D eigenvalue weighted by molar-refractivity contribution is 5.94. The lowest BCUT2D eigenvalue weighted by molar-refractivity contribution is -0.124. The van der Waals surface area contributed by atoms with Gasteiger partial charge in [0, 0.05) is 6.54 Å². The highest BCUT2D eigenvalue weighted by Gasteiger charge is 2.15. The molecule has 0 radical (unpaired) electrons. The first-order valence-electron chi connectivity index (χ1n) is 9.67. The van der Waals surface area contributed by atoms with E-state index in [2.05, 4.69) is 5.32 Å². The average molecular weight is 417 g/mol. The van der Waals surface area contributed by atoms with Crippen LogP contribution in [-0.2, 0) is 16.0 Å². The van der Waals surface area contributed by atoms with Crippen LogP contribution in [0.1, 0.15) is 29.8 Å². The second kappa shape index (κ2) is 11.5. The third-order valence-corrected chi connectivity index (χ3v) is 4.10. The van der Waals surface area contributed by atoms with Gasteiger partial charge in [-0.05, 0) is 56.2 Å². The number of benzene rings is 2. The SMILES string of the molecule is CCOc1ccc(CCNC(=O)COC(=O)c2cc(OC)ccc2O)cc1OCC. The van der Waals surface area contributed by atoms with Crippen molar-refractivity contribution in [1.82, 2.24) is 5.32 Å². The second-order valence-corrected chi connectivity index (χ2v) is 6.21. The Hall–Kier alpha value is -3.42. The topological polar surface area (TPSA) is 103 Å². The zero-order chi connectivity index (χ0) is 21.9. The van der Waals surface area contributed by atoms with Gasteiger partial charge in [-0.25, -0.2) is 4.79 Å². The summed E-state index contributed by atoms with van der Waals surface area (Å²) >= 11 is 0. The molecule has 0 bridgehead atoms. The summed E-state index contributed by atoms with van der Waals surface area (Å²) in [5, 5.41) is 12.5. The van der Waals surface area contributed by atoms with E-state index < -0.39 is 18.5 Å². The maximum absolute atomic E-state index is 12.1. The molecule has 0 aliphatic carbocycles. The number of ether oxygens (including phenoxy) is 4. The number of nitrogens with one attached hydrogen (secondary N) is 1. The molecule has 2 aromatic carbocycles. The summed E-state index contributed by atoms with van der Waals surface area (Å²) in [6, 6.07) is 9.81. The van der Waals surface area contributed by atoms with E-state index in [9.17, 15) is 14.7 Å². The van der Waals surface area contributed by atoms with E-state index in [1.807, 2.05) is 32.0 Å². The van der Waals surface area contributed by atoms with E-state index in [1.54, 1.807) is 0 Å². The maximum atomic E-state index is 12.1. The number of carbonyl (C=O) groups excluding carboxylic acids is 2. The van der Waals surface area contributed by atoms with Crippen molar-refractivity contribution in [2.45, 2.75) is 20.3 Å². The van der Waals surface area contributed by atoms with Gasteiger partial charge in [0.1, 0.15) is 17.1 Å². The van der Waals surface area contributed by atoms with Crippen molar-refractivity contribution in [3.05, 3.63) is 47.5 Å². The van der Waals surface area contributed by atoms with Crippen molar-refractivity contribution < 1.29 is 33.6 Å². The first-order chi connectivity index (χ1) is 14.5. The third-order valence-electron chi connectivity index (χ3n) is 4.10. The fourth-order valence-electron chi connectivity index (χ4n) is 2.66. The third kappa shape index (κ3) is 6.58. The van der Waals surface area contributed by atoms with Crippen LogP contribution in [0.2, 0.25) is 0 Å². The van der Waals surface area contributed by atoms with E-state index in [0.29, 0.717) is 43.4 Å². The Labute approximate surface area is 175 Å². The summed E-state index contributed by atoms with van der Waals surface area (Å²) in [7, 11) is 1.44. The number of hydrogen-bond donors (Lipinski definition) is 2. The summed E-state index contributed by atoms with van der Waals surface area (Å²) in [5.41, 5.74) is 0.903. The standard InChI is InChI=1S/C22H27NO7/c1-4-28-19-9-6-15(12-20(19)29-5-2)10-11-23-21(25)14-30-22(26)17-13-16(27-3)7-8-18(17)24/h6-9,12-13,24H,4-5,10-11,14H2,1-3H3,(H,23,25). The van der Waals surface area contributed by atoms with Crippen molar-refractivity contribution in [3.63, 3.8) is 0 Å². The van der Waals surface area contributed by atoms with Crippen molar-refractivity contribution in [2.75, 3.05) is 33.5 Å². The molecule has 0 heterocycles. The van der Waals surface area contributed by atoms with Gasteiger partial charge in [-0.2, -0.15) is 0 Å². The maximum Gasteiger partial charge on any atom is 0.342 e. The summed E-state index contributed by atoms with van der Waals surface area (Å²) in [6.45, 7) is 4.77. The molecule has 0 spiro atoms. The van der Waals surface area contributed by atoms with Crippen LogP contribution in [0.4, 0.5) is 0 Å².